The molecule has 1 amide bonds. The van der Waals surface area contributed by atoms with E-state index in [0.29, 0.717) is 5.82 Å². The van der Waals surface area contributed by atoms with Crippen molar-refractivity contribution in [3.05, 3.63) is 47.6 Å². The number of carbonyl (C=O) groups excluding carboxylic acids is 1. The summed E-state index contributed by atoms with van der Waals surface area (Å²) in [5, 5.41) is 6.18. The fourth-order valence-electron chi connectivity index (χ4n) is 1.95. The van der Waals surface area contributed by atoms with Gasteiger partial charge in [-0.25, -0.2) is 8.42 Å². The Morgan fingerprint density at radius 2 is 2.00 bits per heavy atom. The van der Waals surface area contributed by atoms with Crippen molar-refractivity contribution in [3.63, 3.8) is 0 Å². The van der Waals surface area contributed by atoms with Crippen LogP contribution in [0.4, 0.5) is 0 Å². The maximum atomic E-state index is 11.9. The second kappa shape index (κ2) is 6.69. The lowest BCUT2D eigenvalue weighted by molar-refractivity contribution is -0.119. The zero-order valence-corrected chi connectivity index (χ0v) is 13.1. The summed E-state index contributed by atoms with van der Waals surface area (Å²) < 4.78 is 28.7. The highest BCUT2D eigenvalue weighted by Gasteiger charge is 2.21. The average Bonchev–Trinajstić information content (AvgIpc) is 2.83. The van der Waals surface area contributed by atoms with Crippen molar-refractivity contribution in [2.75, 3.05) is 5.75 Å². The summed E-state index contributed by atoms with van der Waals surface area (Å²) in [6.45, 7) is 3.38. The molecule has 0 bridgehead atoms. The monoisotopic (exact) mass is 323 g/mol. The zero-order valence-electron chi connectivity index (χ0n) is 12.3. The van der Waals surface area contributed by atoms with Crippen molar-refractivity contribution in [1.29, 1.82) is 0 Å². The van der Waals surface area contributed by atoms with Crippen LogP contribution in [0.3, 0.4) is 0 Å². The fraction of sp³-hybridized carbons (Fsp3) is 0.357. The van der Waals surface area contributed by atoms with E-state index in [9.17, 15) is 13.2 Å². The Balaban J connectivity index is 1.93. The van der Waals surface area contributed by atoms with Gasteiger partial charge in [0.1, 0.15) is 11.5 Å². The van der Waals surface area contributed by atoms with Crippen LogP contribution < -0.4 is 5.32 Å². The zero-order chi connectivity index (χ0) is 16.2. The quantitative estimate of drug-likeness (QED) is 0.856. The minimum absolute atomic E-state index is 0.0126. The molecule has 1 atom stereocenters. The Bertz CT molecular complexity index is 740. The van der Waals surface area contributed by atoms with E-state index in [2.05, 4.69) is 15.5 Å². The van der Waals surface area contributed by atoms with Gasteiger partial charge in [0.2, 0.25) is 11.8 Å². The van der Waals surface area contributed by atoms with E-state index in [4.69, 9.17) is 4.52 Å². The van der Waals surface area contributed by atoms with E-state index in [1.165, 1.54) is 0 Å². The van der Waals surface area contributed by atoms with Crippen LogP contribution in [-0.2, 0) is 20.4 Å². The molecule has 0 spiro atoms. The van der Waals surface area contributed by atoms with Gasteiger partial charge in [0, 0.05) is 0 Å². The highest BCUT2D eigenvalue weighted by Crippen LogP contribution is 2.11. The van der Waals surface area contributed by atoms with Gasteiger partial charge in [0.15, 0.2) is 15.7 Å². The molecule has 1 aromatic heterocycles. The summed E-state index contributed by atoms with van der Waals surface area (Å²) in [5.41, 5.74) is 0.903. The lowest BCUT2D eigenvalue weighted by Gasteiger charge is -2.14. The van der Waals surface area contributed by atoms with Gasteiger partial charge in [-0.3, -0.25) is 4.79 Å². The number of hydrogen-bond acceptors (Lipinski definition) is 6. The largest absolute Gasteiger partial charge is 0.349 e. The van der Waals surface area contributed by atoms with Gasteiger partial charge < -0.3 is 9.84 Å². The third-order valence-corrected chi connectivity index (χ3v) is 4.33. The van der Waals surface area contributed by atoms with Gasteiger partial charge in [-0.15, -0.1) is 0 Å². The van der Waals surface area contributed by atoms with Gasteiger partial charge in [0.25, 0.3) is 0 Å². The topological polar surface area (TPSA) is 102 Å². The van der Waals surface area contributed by atoms with Crippen LogP contribution in [0.1, 0.15) is 30.2 Å². The summed E-state index contributed by atoms with van der Waals surface area (Å²) in [5.74, 6) is -1.28. The lowest BCUT2D eigenvalue weighted by Crippen LogP contribution is -2.32. The molecule has 0 saturated heterocycles. The van der Waals surface area contributed by atoms with Crippen LogP contribution >= 0.6 is 0 Å². The molecule has 0 fully saturated rings. The first kappa shape index (κ1) is 16.2. The molecule has 22 heavy (non-hydrogen) atoms. The molecule has 1 heterocycles. The summed E-state index contributed by atoms with van der Waals surface area (Å²) >= 11 is 0. The van der Waals surface area contributed by atoms with Crippen LogP contribution in [0, 0.1) is 6.92 Å². The van der Waals surface area contributed by atoms with Crippen molar-refractivity contribution in [2.45, 2.75) is 25.6 Å². The molecule has 0 aliphatic heterocycles. The molecule has 2 rings (SSSR count). The lowest BCUT2D eigenvalue weighted by atomic mass is 10.1. The number of nitrogens with one attached hydrogen (secondary N) is 1. The van der Waals surface area contributed by atoms with Crippen molar-refractivity contribution < 1.29 is 17.7 Å². The minimum Gasteiger partial charge on any atom is -0.349 e. The third kappa shape index (κ3) is 4.66. The van der Waals surface area contributed by atoms with Crippen LogP contribution in [0.2, 0.25) is 0 Å². The maximum Gasteiger partial charge on any atom is 0.241 e. The van der Waals surface area contributed by atoms with Crippen molar-refractivity contribution in [2.24, 2.45) is 0 Å². The number of carbonyl (C=O) groups is 1. The molecule has 7 nitrogen and oxygen atoms in total. The maximum absolute atomic E-state index is 11.9. The molecule has 0 aliphatic carbocycles. The molecule has 2 aromatic rings. The van der Waals surface area contributed by atoms with Gasteiger partial charge in [-0.05, 0) is 19.4 Å². The first-order chi connectivity index (χ1) is 10.4. The third-order valence-electron chi connectivity index (χ3n) is 2.94. The van der Waals surface area contributed by atoms with Gasteiger partial charge in [0.05, 0.1) is 6.04 Å². The first-order valence-electron chi connectivity index (χ1n) is 6.69. The van der Waals surface area contributed by atoms with Crippen molar-refractivity contribution >= 4 is 15.7 Å². The van der Waals surface area contributed by atoms with E-state index in [0.717, 1.165) is 5.56 Å². The highest BCUT2D eigenvalue weighted by atomic mass is 32.2. The number of nitrogens with zero attached hydrogens (tertiary/aromatic N) is 2. The SMILES string of the molecule is Cc1noc(CS(=O)(=O)CC(=O)N[C@H](C)c2ccccc2)n1. The Labute approximate surface area is 128 Å². The number of aryl methyl sites for hydroxylation is 1. The van der Waals surface area contributed by atoms with Crippen LogP contribution in [0.15, 0.2) is 34.9 Å². The average molecular weight is 323 g/mol. The normalized spacial score (nSPS) is 12.8. The number of sulfone groups is 1. The number of amides is 1. The Hall–Kier alpha value is -2.22. The van der Waals surface area contributed by atoms with E-state index >= 15 is 0 Å². The predicted octanol–water partition coefficient (Wildman–Crippen LogP) is 1.17. The van der Waals surface area contributed by atoms with Crippen molar-refractivity contribution in [1.82, 2.24) is 15.5 Å². The summed E-state index contributed by atoms with van der Waals surface area (Å²) in [4.78, 5) is 15.7. The van der Waals surface area contributed by atoms with Gasteiger partial charge >= 0.3 is 0 Å². The molecule has 0 saturated carbocycles. The molecular weight excluding hydrogens is 306 g/mol. The fourth-order valence-corrected chi connectivity index (χ4v) is 3.02. The summed E-state index contributed by atoms with van der Waals surface area (Å²) in [6.07, 6.45) is 0. The number of aromatic nitrogens is 2. The second-order valence-electron chi connectivity index (χ2n) is 4.97. The molecule has 1 aromatic carbocycles. The minimum atomic E-state index is -3.66. The molecule has 0 unspecified atom stereocenters. The summed E-state index contributed by atoms with van der Waals surface area (Å²) in [7, 11) is -3.66. The molecular formula is C14H17N3O4S. The first-order valence-corrected chi connectivity index (χ1v) is 8.52. The van der Waals surface area contributed by atoms with Crippen LogP contribution in [-0.4, -0.2) is 30.2 Å². The number of rotatable bonds is 6. The number of benzene rings is 1. The molecule has 118 valence electrons. The highest BCUT2D eigenvalue weighted by molar-refractivity contribution is 7.91. The van der Waals surface area contributed by atoms with Crippen molar-refractivity contribution in [3.8, 4) is 0 Å². The molecule has 0 radical (unpaired) electrons. The Morgan fingerprint density at radius 3 is 2.59 bits per heavy atom. The summed E-state index contributed by atoms with van der Waals surface area (Å²) in [6, 6.07) is 9.03. The van der Waals surface area contributed by atoms with Crippen LogP contribution in [0.25, 0.3) is 0 Å². The Morgan fingerprint density at radius 1 is 1.32 bits per heavy atom. The molecule has 0 aliphatic rings. The smallest absolute Gasteiger partial charge is 0.241 e. The van der Waals surface area contributed by atoms with E-state index in [1.807, 2.05) is 30.3 Å². The number of hydrogen-bond donors (Lipinski definition) is 1. The Kier molecular flexibility index (Phi) is 4.92. The standard InChI is InChI=1S/C14H17N3O4S/c1-10(12-6-4-3-5-7-12)15-13(18)8-22(19,20)9-14-16-11(2)17-21-14/h3-7,10H,8-9H2,1-2H3,(H,15,18)/t10-/m1/s1. The predicted molar refractivity (Wildman–Crippen MR) is 79.5 cm³/mol. The molecule has 8 heteroatoms. The van der Waals surface area contributed by atoms with Gasteiger partial charge in [-0.1, -0.05) is 35.5 Å². The van der Waals surface area contributed by atoms with E-state index < -0.39 is 27.3 Å². The van der Waals surface area contributed by atoms with E-state index in [-0.39, 0.29) is 11.9 Å². The van der Waals surface area contributed by atoms with Crippen LogP contribution in [0.5, 0.6) is 0 Å². The molecule has 1 N–H and O–H groups in total. The second-order valence-corrected chi connectivity index (χ2v) is 7.03. The van der Waals surface area contributed by atoms with Gasteiger partial charge in [-0.2, -0.15) is 4.98 Å². The van der Waals surface area contributed by atoms with E-state index in [1.54, 1.807) is 13.8 Å².